The molecular weight excluding hydrogens is 287 g/mol. The third kappa shape index (κ3) is 2.55. The van der Waals surface area contributed by atoms with E-state index in [0.29, 0.717) is 17.5 Å². The normalized spacial score (nSPS) is 27.4. The molecule has 2 aliphatic carbocycles. The summed E-state index contributed by atoms with van der Waals surface area (Å²) in [6.45, 7) is 0. The van der Waals surface area contributed by atoms with Crippen molar-refractivity contribution in [3.8, 4) is 0 Å². The average Bonchev–Trinajstić information content (AvgIpc) is 3.12. The van der Waals surface area contributed by atoms with Crippen LogP contribution in [0.1, 0.15) is 32.1 Å². The maximum atomic E-state index is 13.2. The van der Waals surface area contributed by atoms with Gasteiger partial charge in [-0.05, 0) is 55.2 Å². The topological polar surface area (TPSA) is 42.0 Å². The summed E-state index contributed by atoms with van der Waals surface area (Å²) in [6.07, 6.45) is 5.78. The molecule has 1 N–H and O–H groups in total. The Morgan fingerprint density at radius 1 is 1.38 bits per heavy atom. The monoisotopic (exact) mass is 304 g/mol. The van der Waals surface area contributed by atoms with Gasteiger partial charge in [-0.15, -0.1) is 0 Å². The highest BCUT2D eigenvalue weighted by Crippen LogP contribution is 2.49. The van der Waals surface area contributed by atoms with Crippen molar-refractivity contribution in [1.82, 2.24) is 4.98 Å². The number of hydrogen-bond donors (Lipinski definition) is 1. The van der Waals surface area contributed by atoms with Crippen molar-refractivity contribution >= 4 is 32.6 Å². The average molecular weight is 304 g/mol. The van der Waals surface area contributed by atoms with Gasteiger partial charge in [0.1, 0.15) is 5.82 Å². The van der Waals surface area contributed by atoms with E-state index in [1.807, 2.05) is 0 Å². The van der Waals surface area contributed by atoms with Crippen LogP contribution in [-0.2, 0) is 4.79 Å². The van der Waals surface area contributed by atoms with Crippen molar-refractivity contribution in [3.05, 3.63) is 24.0 Å². The highest BCUT2D eigenvalue weighted by Gasteiger charge is 2.40. The van der Waals surface area contributed by atoms with E-state index in [-0.39, 0.29) is 11.7 Å². The van der Waals surface area contributed by atoms with E-state index in [2.05, 4.69) is 10.3 Å². The molecule has 21 heavy (non-hydrogen) atoms. The molecule has 3 atom stereocenters. The second-order valence-electron chi connectivity index (χ2n) is 6.32. The first kappa shape index (κ1) is 13.2. The highest BCUT2D eigenvalue weighted by molar-refractivity contribution is 7.22. The number of carbonyl (C=O) groups excluding carboxylic acids is 1. The summed E-state index contributed by atoms with van der Waals surface area (Å²) in [4.78, 5) is 16.5. The Labute approximate surface area is 126 Å². The van der Waals surface area contributed by atoms with Gasteiger partial charge in [-0.1, -0.05) is 17.8 Å². The number of thiazole rings is 1. The molecule has 2 aromatic rings. The number of anilines is 1. The molecular formula is C16H17FN2OS. The quantitative estimate of drug-likeness (QED) is 0.923. The van der Waals surface area contributed by atoms with Gasteiger partial charge in [-0.3, -0.25) is 4.79 Å². The summed E-state index contributed by atoms with van der Waals surface area (Å²) in [6, 6.07) is 4.49. The van der Waals surface area contributed by atoms with Crippen molar-refractivity contribution in [2.24, 2.45) is 17.8 Å². The van der Waals surface area contributed by atoms with E-state index in [1.54, 1.807) is 6.07 Å². The highest BCUT2D eigenvalue weighted by atomic mass is 32.1. The Bertz CT molecular complexity index is 699. The molecule has 0 unspecified atom stereocenters. The minimum absolute atomic E-state index is 0.0482. The number of nitrogens with zero attached hydrogens (tertiary/aromatic N) is 1. The molecule has 1 amide bonds. The first-order chi connectivity index (χ1) is 10.2. The second kappa shape index (κ2) is 5.05. The van der Waals surface area contributed by atoms with Crippen LogP contribution < -0.4 is 5.32 Å². The van der Waals surface area contributed by atoms with E-state index in [4.69, 9.17) is 0 Å². The third-order valence-corrected chi connectivity index (χ3v) is 5.86. The van der Waals surface area contributed by atoms with Gasteiger partial charge in [0.2, 0.25) is 5.91 Å². The van der Waals surface area contributed by atoms with Gasteiger partial charge >= 0.3 is 0 Å². The van der Waals surface area contributed by atoms with E-state index >= 15 is 0 Å². The molecule has 2 bridgehead atoms. The van der Waals surface area contributed by atoms with Crippen molar-refractivity contribution < 1.29 is 9.18 Å². The number of benzene rings is 1. The largest absolute Gasteiger partial charge is 0.302 e. The Hall–Kier alpha value is -1.49. The Morgan fingerprint density at radius 3 is 3.05 bits per heavy atom. The van der Waals surface area contributed by atoms with Gasteiger partial charge in [0.15, 0.2) is 5.13 Å². The maximum absolute atomic E-state index is 13.2. The molecule has 3 nitrogen and oxygen atoms in total. The van der Waals surface area contributed by atoms with Crippen LogP contribution in [0.2, 0.25) is 0 Å². The molecule has 1 heterocycles. The number of aromatic nitrogens is 1. The minimum Gasteiger partial charge on any atom is -0.302 e. The van der Waals surface area contributed by atoms with Crippen LogP contribution in [0.15, 0.2) is 18.2 Å². The van der Waals surface area contributed by atoms with Crippen molar-refractivity contribution in [3.63, 3.8) is 0 Å². The third-order valence-electron chi connectivity index (χ3n) is 4.93. The zero-order chi connectivity index (χ0) is 14.4. The van der Waals surface area contributed by atoms with Crippen molar-refractivity contribution in [2.45, 2.75) is 32.1 Å². The molecule has 1 aromatic heterocycles. The lowest BCUT2D eigenvalue weighted by Gasteiger charge is -2.20. The number of rotatable bonds is 3. The molecule has 5 heteroatoms. The molecule has 0 aliphatic heterocycles. The zero-order valence-corrected chi connectivity index (χ0v) is 12.5. The van der Waals surface area contributed by atoms with E-state index < -0.39 is 0 Å². The van der Waals surface area contributed by atoms with Crippen molar-refractivity contribution in [2.75, 3.05) is 5.32 Å². The standard InChI is InChI=1S/C16H17FN2OS/c17-12-3-4-13-14(8-12)21-16(18-13)19-15(20)7-11-6-9-1-2-10(11)5-9/h3-4,8-11H,1-2,5-7H2,(H,18,19,20)/t9-,10+,11+/m0/s1. The molecule has 2 saturated carbocycles. The predicted molar refractivity (Wildman–Crippen MR) is 81.8 cm³/mol. The Morgan fingerprint density at radius 2 is 2.29 bits per heavy atom. The number of carbonyl (C=O) groups is 1. The molecule has 110 valence electrons. The van der Waals surface area contributed by atoms with Gasteiger partial charge in [-0.2, -0.15) is 0 Å². The lowest BCUT2D eigenvalue weighted by molar-refractivity contribution is -0.117. The van der Waals surface area contributed by atoms with Gasteiger partial charge < -0.3 is 5.32 Å². The molecule has 1 aromatic carbocycles. The molecule has 2 aliphatic rings. The van der Waals surface area contributed by atoms with Crippen LogP contribution in [0, 0.1) is 23.6 Å². The molecule has 0 spiro atoms. The lowest BCUT2D eigenvalue weighted by atomic mass is 9.86. The van der Waals surface area contributed by atoms with E-state index in [9.17, 15) is 9.18 Å². The smallest absolute Gasteiger partial charge is 0.226 e. The summed E-state index contributed by atoms with van der Waals surface area (Å²) in [7, 11) is 0. The number of nitrogens with one attached hydrogen (secondary N) is 1. The summed E-state index contributed by atoms with van der Waals surface area (Å²) in [5, 5.41) is 3.46. The van der Waals surface area contributed by atoms with Crippen LogP contribution in [0.4, 0.5) is 9.52 Å². The number of amides is 1. The van der Waals surface area contributed by atoms with Crippen LogP contribution in [0.3, 0.4) is 0 Å². The number of hydrogen-bond acceptors (Lipinski definition) is 3. The minimum atomic E-state index is -0.272. The summed E-state index contributed by atoms with van der Waals surface area (Å²) in [5.74, 6) is 1.94. The van der Waals surface area contributed by atoms with Crippen LogP contribution in [0.5, 0.6) is 0 Å². The second-order valence-corrected chi connectivity index (χ2v) is 7.35. The fourth-order valence-electron chi connectivity index (χ4n) is 3.99. The van der Waals surface area contributed by atoms with Gasteiger partial charge in [-0.25, -0.2) is 9.37 Å². The molecule has 0 saturated heterocycles. The summed E-state index contributed by atoms with van der Waals surface area (Å²) in [5.41, 5.74) is 0.733. The Balaban J connectivity index is 1.43. The van der Waals surface area contributed by atoms with Gasteiger partial charge in [0.25, 0.3) is 0 Å². The first-order valence-corrected chi connectivity index (χ1v) is 8.35. The number of fused-ring (bicyclic) bond motifs is 3. The zero-order valence-electron chi connectivity index (χ0n) is 11.6. The predicted octanol–water partition coefficient (Wildman–Crippen LogP) is 4.20. The van der Waals surface area contributed by atoms with Crippen LogP contribution in [-0.4, -0.2) is 10.9 Å². The van der Waals surface area contributed by atoms with Crippen LogP contribution in [0.25, 0.3) is 10.2 Å². The fraction of sp³-hybridized carbons (Fsp3) is 0.500. The molecule has 4 rings (SSSR count). The summed E-state index contributed by atoms with van der Waals surface area (Å²) >= 11 is 1.33. The van der Waals surface area contributed by atoms with E-state index in [0.717, 1.165) is 22.1 Å². The first-order valence-electron chi connectivity index (χ1n) is 7.53. The lowest BCUT2D eigenvalue weighted by Crippen LogP contribution is -2.20. The molecule has 0 radical (unpaired) electrons. The SMILES string of the molecule is O=C(C[C@H]1C[C@H]2CC[C@@H]1C2)Nc1nc2ccc(F)cc2s1. The Kier molecular flexibility index (Phi) is 3.17. The van der Waals surface area contributed by atoms with Gasteiger partial charge in [0.05, 0.1) is 10.2 Å². The number of halogens is 1. The van der Waals surface area contributed by atoms with Gasteiger partial charge in [0, 0.05) is 6.42 Å². The van der Waals surface area contributed by atoms with Crippen molar-refractivity contribution in [1.29, 1.82) is 0 Å². The van der Waals surface area contributed by atoms with Crippen LogP contribution >= 0.6 is 11.3 Å². The summed E-state index contributed by atoms with van der Waals surface area (Å²) < 4.78 is 13.9. The fourth-order valence-corrected chi connectivity index (χ4v) is 4.89. The van der Waals surface area contributed by atoms with E-state index in [1.165, 1.54) is 49.2 Å². The maximum Gasteiger partial charge on any atom is 0.226 e. The molecule has 2 fully saturated rings.